The van der Waals surface area contributed by atoms with Crippen LogP contribution in [0.25, 0.3) is 0 Å². The Balaban J connectivity index is 1.86. The summed E-state index contributed by atoms with van der Waals surface area (Å²) in [6.07, 6.45) is 11.4. The molecule has 0 aromatic carbocycles. The number of hydrogen-bond donors (Lipinski definition) is 0. The van der Waals surface area contributed by atoms with Crippen LogP contribution in [-0.4, -0.2) is 4.98 Å². The average molecular weight is 165 g/mol. The molecule has 0 unspecified atom stereocenters. The lowest BCUT2D eigenvalue weighted by atomic mass is 9.86. The van der Waals surface area contributed by atoms with Gasteiger partial charge < -0.3 is 4.42 Å². The van der Waals surface area contributed by atoms with Crippen molar-refractivity contribution >= 4 is 0 Å². The Morgan fingerprint density at radius 2 is 2.17 bits per heavy atom. The zero-order valence-corrected chi connectivity index (χ0v) is 7.33. The predicted molar refractivity (Wildman–Crippen MR) is 46.8 cm³/mol. The lowest BCUT2D eigenvalue weighted by Gasteiger charge is -2.19. The summed E-state index contributed by atoms with van der Waals surface area (Å²) < 4.78 is 4.94. The average Bonchev–Trinajstić information content (AvgIpc) is 2.59. The molecule has 12 heavy (non-hydrogen) atoms. The summed E-state index contributed by atoms with van der Waals surface area (Å²) in [4.78, 5) is 4.14. The number of rotatable bonds is 2. The van der Waals surface area contributed by atoms with Crippen molar-refractivity contribution in [3.63, 3.8) is 0 Å². The quantitative estimate of drug-likeness (QED) is 0.673. The predicted octanol–water partition coefficient (Wildman–Crippen LogP) is 2.80. The summed E-state index contributed by atoms with van der Waals surface area (Å²) in [5, 5.41) is 0. The van der Waals surface area contributed by atoms with E-state index in [2.05, 4.69) is 4.98 Å². The summed E-state index contributed by atoms with van der Waals surface area (Å²) in [5.74, 6) is 0.865. The maximum Gasteiger partial charge on any atom is 0.180 e. The molecule has 0 spiro atoms. The lowest BCUT2D eigenvalue weighted by molar-refractivity contribution is 0.354. The zero-order valence-electron chi connectivity index (χ0n) is 7.33. The Kier molecular flexibility index (Phi) is 2.45. The molecule has 1 fully saturated rings. The minimum atomic E-state index is 0.865. The van der Waals surface area contributed by atoms with Gasteiger partial charge in [-0.2, -0.15) is 0 Å². The van der Waals surface area contributed by atoms with Crippen LogP contribution in [0.2, 0.25) is 0 Å². The van der Waals surface area contributed by atoms with Crippen LogP contribution in [0.15, 0.2) is 17.1 Å². The molecule has 1 aliphatic rings. The SMILES string of the molecule is c1nc(CC2CCCCC2)co1. The molecule has 0 amide bonds. The minimum Gasteiger partial charge on any atom is -0.451 e. The summed E-state index contributed by atoms with van der Waals surface area (Å²) in [5.41, 5.74) is 1.13. The Hall–Kier alpha value is -0.790. The third-order valence-electron chi connectivity index (χ3n) is 2.71. The summed E-state index contributed by atoms with van der Waals surface area (Å²) in [6, 6.07) is 0. The van der Waals surface area contributed by atoms with Crippen molar-refractivity contribution in [3.05, 3.63) is 18.4 Å². The van der Waals surface area contributed by atoms with Crippen molar-refractivity contribution in [1.29, 1.82) is 0 Å². The van der Waals surface area contributed by atoms with E-state index in [1.54, 1.807) is 6.26 Å². The van der Waals surface area contributed by atoms with E-state index < -0.39 is 0 Å². The Bertz CT molecular complexity index is 212. The molecule has 1 heterocycles. The maximum atomic E-state index is 4.94. The molecule has 0 radical (unpaired) electrons. The van der Waals surface area contributed by atoms with Crippen LogP contribution >= 0.6 is 0 Å². The van der Waals surface area contributed by atoms with Gasteiger partial charge in [0.25, 0.3) is 0 Å². The van der Waals surface area contributed by atoms with Crippen LogP contribution in [0.4, 0.5) is 0 Å². The second-order valence-corrected chi connectivity index (χ2v) is 3.69. The van der Waals surface area contributed by atoms with E-state index in [4.69, 9.17) is 4.42 Å². The molecule has 2 heteroatoms. The first-order valence-corrected chi connectivity index (χ1v) is 4.82. The van der Waals surface area contributed by atoms with E-state index in [-0.39, 0.29) is 0 Å². The largest absolute Gasteiger partial charge is 0.451 e. The van der Waals surface area contributed by atoms with Gasteiger partial charge in [-0.15, -0.1) is 0 Å². The standard InChI is InChI=1S/C10H15NO/c1-2-4-9(5-3-1)6-10-7-12-8-11-10/h7-9H,1-6H2. The topological polar surface area (TPSA) is 26.0 Å². The van der Waals surface area contributed by atoms with Gasteiger partial charge in [-0.3, -0.25) is 0 Å². The van der Waals surface area contributed by atoms with Crippen molar-refractivity contribution in [2.45, 2.75) is 38.5 Å². The fourth-order valence-electron chi connectivity index (χ4n) is 2.03. The number of aromatic nitrogens is 1. The van der Waals surface area contributed by atoms with Crippen LogP contribution < -0.4 is 0 Å². The highest BCUT2D eigenvalue weighted by Crippen LogP contribution is 2.26. The van der Waals surface area contributed by atoms with Gasteiger partial charge in [0.15, 0.2) is 6.39 Å². The van der Waals surface area contributed by atoms with Crippen LogP contribution in [0, 0.1) is 5.92 Å². The van der Waals surface area contributed by atoms with E-state index in [0.29, 0.717) is 0 Å². The van der Waals surface area contributed by atoms with Crippen molar-refractivity contribution < 1.29 is 4.42 Å². The monoisotopic (exact) mass is 165 g/mol. The molecule has 2 nitrogen and oxygen atoms in total. The van der Waals surface area contributed by atoms with Crippen LogP contribution in [0.5, 0.6) is 0 Å². The van der Waals surface area contributed by atoms with Gasteiger partial charge in [-0.25, -0.2) is 4.98 Å². The smallest absolute Gasteiger partial charge is 0.180 e. The van der Waals surface area contributed by atoms with Crippen LogP contribution in [0.1, 0.15) is 37.8 Å². The van der Waals surface area contributed by atoms with Gasteiger partial charge >= 0.3 is 0 Å². The normalized spacial score (nSPS) is 19.7. The highest BCUT2D eigenvalue weighted by Gasteiger charge is 2.14. The molecule has 0 saturated heterocycles. The van der Waals surface area contributed by atoms with Crippen LogP contribution in [0.3, 0.4) is 0 Å². The van der Waals surface area contributed by atoms with Gasteiger partial charge in [-0.1, -0.05) is 32.1 Å². The highest BCUT2D eigenvalue weighted by atomic mass is 16.3. The van der Waals surface area contributed by atoms with Crippen molar-refractivity contribution in [1.82, 2.24) is 4.98 Å². The molecule has 0 bridgehead atoms. The fraction of sp³-hybridized carbons (Fsp3) is 0.700. The molecule has 0 atom stereocenters. The number of hydrogen-bond acceptors (Lipinski definition) is 2. The van der Waals surface area contributed by atoms with E-state index in [1.165, 1.54) is 38.5 Å². The van der Waals surface area contributed by atoms with E-state index in [0.717, 1.165) is 18.0 Å². The molecule has 1 aromatic rings. The first kappa shape index (κ1) is 7.84. The summed E-state index contributed by atoms with van der Waals surface area (Å²) in [7, 11) is 0. The molecular weight excluding hydrogens is 150 g/mol. The Labute approximate surface area is 73.0 Å². The van der Waals surface area contributed by atoms with Gasteiger partial charge in [0.2, 0.25) is 0 Å². The van der Waals surface area contributed by atoms with E-state index in [1.807, 2.05) is 0 Å². The Morgan fingerprint density at radius 1 is 1.33 bits per heavy atom. The third-order valence-corrected chi connectivity index (χ3v) is 2.71. The first-order chi connectivity index (χ1) is 5.95. The molecule has 0 aliphatic heterocycles. The first-order valence-electron chi connectivity index (χ1n) is 4.82. The second-order valence-electron chi connectivity index (χ2n) is 3.69. The van der Waals surface area contributed by atoms with Gasteiger partial charge in [0.1, 0.15) is 6.26 Å². The third kappa shape index (κ3) is 1.87. The molecule has 1 aromatic heterocycles. The molecule has 2 rings (SSSR count). The fourth-order valence-corrected chi connectivity index (χ4v) is 2.03. The number of oxazole rings is 1. The maximum absolute atomic E-state index is 4.94. The zero-order chi connectivity index (χ0) is 8.23. The summed E-state index contributed by atoms with van der Waals surface area (Å²) >= 11 is 0. The van der Waals surface area contributed by atoms with Gasteiger partial charge in [0.05, 0.1) is 5.69 Å². The molecule has 66 valence electrons. The second kappa shape index (κ2) is 3.74. The molecule has 0 N–H and O–H groups in total. The van der Waals surface area contributed by atoms with E-state index >= 15 is 0 Å². The van der Waals surface area contributed by atoms with Crippen molar-refractivity contribution in [3.8, 4) is 0 Å². The van der Waals surface area contributed by atoms with Gasteiger partial charge in [0, 0.05) is 0 Å². The van der Waals surface area contributed by atoms with E-state index in [9.17, 15) is 0 Å². The highest BCUT2D eigenvalue weighted by molar-refractivity contribution is 4.93. The lowest BCUT2D eigenvalue weighted by Crippen LogP contribution is -2.09. The summed E-state index contributed by atoms with van der Waals surface area (Å²) in [6.45, 7) is 0. The van der Waals surface area contributed by atoms with Gasteiger partial charge in [-0.05, 0) is 12.3 Å². The minimum absolute atomic E-state index is 0.865. The molecule has 1 aliphatic carbocycles. The molecular formula is C10H15NO. The molecule has 1 saturated carbocycles. The van der Waals surface area contributed by atoms with Crippen molar-refractivity contribution in [2.75, 3.05) is 0 Å². The van der Waals surface area contributed by atoms with Crippen LogP contribution in [-0.2, 0) is 6.42 Å². The van der Waals surface area contributed by atoms with Crippen molar-refractivity contribution in [2.24, 2.45) is 5.92 Å². The number of nitrogens with zero attached hydrogens (tertiary/aromatic N) is 1. The Morgan fingerprint density at radius 3 is 2.83 bits per heavy atom.